The van der Waals surface area contributed by atoms with Crippen LogP contribution in [0.1, 0.15) is 40.0 Å². The number of rotatable bonds is 7. The number of carbonyl (C=O) groups is 1. The molecule has 1 fully saturated rings. The Morgan fingerprint density at radius 3 is 2.78 bits per heavy atom. The summed E-state index contributed by atoms with van der Waals surface area (Å²) in [7, 11) is 0. The lowest BCUT2D eigenvalue weighted by atomic mass is 9.74. The third-order valence-corrected chi connectivity index (χ3v) is 3.92. The third kappa shape index (κ3) is 5.36. The average molecular weight is 256 g/mol. The van der Waals surface area contributed by atoms with Gasteiger partial charge in [0.2, 0.25) is 5.91 Å². The van der Waals surface area contributed by atoms with Gasteiger partial charge in [-0.05, 0) is 30.6 Å². The number of carbonyl (C=O) groups excluding carboxylic acids is 1. The molecular formula is C14H28N2O2. The second-order valence-electron chi connectivity index (χ2n) is 5.91. The normalized spacial score (nSPS) is 28.6. The van der Waals surface area contributed by atoms with Gasteiger partial charge < -0.3 is 15.8 Å². The summed E-state index contributed by atoms with van der Waals surface area (Å²) in [5.74, 6) is 1.89. The summed E-state index contributed by atoms with van der Waals surface area (Å²) in [5, 5.41) is 3.58. The molecule has 0 aromatic carbocycles. The fourth-order valence-corrected chi connectivity index (χ4v) is 2.93. The predicted octanol–water partition coefficient (Wildman–Crippen LogP) is 1.54. The molecule has 0 bridgehead atoms. The molecular weight excluding hydrogens is 228 g/mol. The van der Waals surface area contributed by atoms with Crippen LogP contribution in [0, 0.1) is 17.8 Å². The molecule has 0 spiro atoms. The second-order valence-corrected chi connectivity index (χ2v) is 5.91. The van der Waals surface area contributed by atoms with E-state index in [0.717, 1.165) is 24.3 Å². The highest BCUT2D eigenvalue weighted by molar-refractivity contribution is 5.74. The maximum atomic E-state index is 10.5. The molecule has 0 aromatic heterocycles. The molecule has 3 atom stereocenters. The molecule has 0 aliphatic heterocycles. The van der Waals surface area contributed by atoms with Crippen molar-refractivity contribution in [2.24, 2.45) is 23.5 Å². The number of ether oxygens (including phenoxy) is 1. The number of amides is 1. The lowest BCUT2D eigenvalue weighted by Crippen LogP contribution is -2.44. The van der Waals surface area contributed by atoms with E-state index in [1.165, 1.54) is 19.3 Å². The summed E-state index contributed by atoms with van der Waals surface area (Å²) in [6.45, 7) is 8.32. The van der Waals surface area contributed by atoms with E-state index in [-0.39, 0.29) is 6.61 Å². The van der Waals surface area contributed by atoms with E-state index < -0.39 is 5.91 Å². The van der Waals surface area contributed by atoms with Crippen molar-refractivity contribution in [3.8, 4) is 0 Å². The molecule has 0 radical (unpaired) electrons. The van der Waals surface area contributed by atoms with E-state index in [4.69, 9.17) is 10.5 Å². The third-order valence-electron chi connectivity index (χ3n) is 3.92. The van der Waals surface area contributed by atoms with Gasteiger partial charge in [0.15, 0.2) is 0 Å². The number of hydrogen-bond acceptors (Lipinski definition) is 3. The molecule has 1 amide bonds. The summed E-state index contributed by atoms with van der Waals surface area (Å²) in [5.41, 5.74) is 5.01. The van der Waals surface area contributed by atoms with Gasteiger partial charge in [0, 0.05) is 12.6 Å². The van der Waals surface area contributed by atoms with Crippen molar-refractivity contribution < 1.29 is 9.53 Å². The van der Waals surface area contributed by atoms with Crippen molar-refractivity contribution in [2.45, 2.75) is 46.1 Å². The number of hydrogen-bond donors (Lipinski definition) is 2. The van der Waals surface area contributed by atoms with Gasteiger partial charge in [-0.3, -0.25) is 4.79 Å². The maximum absolute atomic E-state index is 10.5. The molecule has 106 valence electrons. The van der Waals surface area contributed by atoms with E-state index in [1.54, 1.807) is 0 Å². The highest BCUT2D eigenvalue weighted by Gasteiger charge is 2.29. The Labute approximate surface area is 111 Å². The van der Waals surface area contributed by atoms with E-state index >= 15 is 0 Å². The highest BCUT2D eigenvalue weighted by atomic mass is 16.5. The zero-order valence-corrected chi connectivity index (χ0v) is 11.9. The fourth-order valence-electron chi connectivity index (χ4n) is 2.93. The van der Waals surface area contributed by atoms with Gasteiger partial charge in [-0.1, -0.05) is 27.2 Å². The largest absolute Gasteiger partial charge is 0.370 e. The Hall–Kier alpha value is -0.610. The molecule has 4 nitrogen and oxygen atoms in total. The van der Waals surface area contributed by atoms with Gasteiger partial charge in [-0.2, -0.15) is 0 Å². The van der Waals surface area contributed by atoms with Gasteiger partial charge in [0.25, 0.3) is 0 Å². The van der Waals surface area contributed by atoms with Crippen LogP contribution in [0.4, 0.5) is 0 Å². The number of nitrogens with two attached hydrogens (primary N) is 1. The van der Waals surface area contributed by atoms with Crippen molar-refractivity contribution in [3.05, 3.63) is 0 Å². The molecule has 0 heterocycles. The van der Waals surface area contributed by atoms with E-state index in [0.29, 0.717) is 12.6 Å². The summed E-state index contributed by atoms with van der Waals surface area (Å²) >= 11 is 0. The summed E-state index contributed by atoms with van der Waals surface area (Å²) < 4.78 is 5.17. The first-order valence-electron chi connectivity index (χ1n) is 7.10. The predicted molar refractivity (Wildman–Crippen MR) is 73.1 cm³/mol. The van der Waals surface area contributed by atoms with Crippen LogP contribution in [0.5, 0.6) is 0 Å². The SMILES string of the molecule is CC1CCC(C(C)C)C(NCCOCC(N)=O)C1. The second kappa shape index (κ2) is 7.74. The first kappa shape index (κ1) is 15.4. The molecule has 18 heavy (non-hydrogen) atoms. The molecule has 3 N–H and O–H groups in total. The van der Waals surface area contributed by atoms with Gasteiger partial charge in [0.1, 0.15) is 6.61 Å². The number of primary amides is 1. The Morgan fingerprint density at radius 1 is 1.44 bits per heavy atom. The minimum absolute atomic E-state index is 0.0242. The van der Waals surface area contributed by atoms with E-state index in [2.05, 4.69) is 26.1 Å². The Balaban J connectivity index is 2.26. The molecule has 0 saturated heterocycles. The molecule has 1 rings (SSSR count). The first-order valence-corrected chi connectivity index (χ1v) is 7.10. The summed E-state index contributed by atoms with van der Waals surface area (Å²) in [4.78, 5) is 10.5. The molecule has 4 heteroatoms. The average Bonchev–Trinajstić information content (AvgIpc) is 2.27. The molecule has 0 aromatic rings. The van der Waals surface area contributed by atoms with Crippen LogP contribution < -0.4 is 11.1 Å². The van der Waals surface area contributed by atoms with Crippen LogP contribution in [0.25, 0.3) is 0 Å². The first-order chi connectivity index (χ1) is 8.50. The highest BCUT2D eigenvalue weighted by Crippen LogP contribution is 2.33. The topological polar surface area (TPSA) is 64.3 Å². The zero-order valence-electron chi connectivity index (χ0n) is 11.9. The summed E-state index contributed by atoms with van der Waals surface area (Å²) in [6.07, 6.45) is 3.91. The zero-order chi connectivity index (χ0) is 13.5. The lowest BCUT2D eigenvalue weighted by molar-refractivity contribution is -0.122. The van der Waals surface area contributed by atoms with Crippen molar-refractivity contribution >= 4 is 5.91 Å². The van der Waals surface area contributed by atoms with Crippen molar-refractivity contribution in [2.75, 3.05) is 19.8 Å². The van der Waals surface area contributed by atoms with Crippen LogP contribution in [-0.4, -0.2) is 31.7 Å². The van der Waals surface area contributed by atoms with Gasteiger partial charge >= 0.3 is 0 Å². The van der Waals surface area contributed by atoms with Crippen molar-refractivity contribution in [1.29, 1.82) is 0 Å². The van der Waals surface area contributed by atoms with Crippen LogP contribution in [0.15, 0.2) is 0 Å². The van der Waals surface area contributed by atoms with Crippen LogP contribution >= 0.6 is 0 Å². The maximum Gasteiger partial charge on any atom is 0.243 e. The Morgan fingerprint density at radius 2 is 2.17 bits per heavy atom. The monoisotopic (exact) mass is 256 g/mol. The van der Waals surface area contributed by atoms with Crippen LogP contribution in [-0.2, 0) is 9.53 Å². The minimum atomic E-state index is -0.402. The molecule has 3 unspecified atom stereocenters. The molecule has 1 aliphatic carbocycles. The minimum Gasteiger partial charge on any atom is -0.370 e. The Bertz CT molecular complexity index is 256. The van der Waals surface area contributed by atoms with Gasteiger partial charge in [0.05, 0.1) is 6.61 Å². The van der Waals surface area contributed by atoms with Crippen molar-refractivity contribution in [3.63, 3.8) is 0 Å². The van der Waals surface area contributed by atoms with Crippen LogP contribution in [0.3, 0.4) is 0 Å². The molecule has 1 aliphatic rings. The lowest BCUT2D eigenvalue weighted by Gasteiger charge is -2.38. The molecule has 1 saturated carbocycles. The number of nitrogens with one attached hydrogen (secondary N) is 1. The van der Waals surface area contributed by atoms with Crippen LogP contribution in [0.2, 0.25) is 0 Å². The van der Waals surface area contributed by atoms with E-state index in [9.17, 15) is 4.79 Å². The smallest absolute Gasteiger partial charge is 0.243 e. The Kier molecular flexibility index (Phi) is 6.65. The van der Waals surface area contributed by atoms with Gasteiger partial charge in [-0.25, -0.2) is 0 Å². The van der Waals surface area contributed by atoms with E-state index in [1.807, 2.05) is 0 Å². The van der Waals surface area contributed by atoms with Crippen molar-refractivity contribution in [1.82, 2.24) is 5.32 Å². The fraction of sp³-hybridized carbons (Fsp3) is 0.929. The van der Waals surface area contributed by atoms with Gasteiger partial charge in [-0.15, -0.1) is 0 Å². The quantitative estimate of drug-likeness (QED) is 0.679. The summed E-state index contributed by atoms with van der Waals surface area (Å²) in [6, 6.07) is 0.589. The standard InChI is InChI=1S/C14H28N2O2/c1-10(2)12-5-4-11(3)8-13(12)16-6-7-18-9-14(15)17/h10-13,16H,4-9H2,1-3H3,(H2,15,17).